The molecule has 2 atom stereocenters. The second-order valence-electron chi connectivity index (χ2n) is 9.75. The molecule has 3 N–H and O–H groups in total. The van der Waals surface area contributed by atoms with Gasteiger partial charge in [0.05, 0.1) is 6.42 Å². The highest BCUT2D eigenvalue weighted by Crippen LogP contribution is 2.48. The van der Waals surface area contributed by atoms with Gasteiger partial charge in [-0.05, 0) is 46.0 Å². The lowest BCUT2D eigenvalue weighted by atomic mass is 9.57. The summed E-state index contributed by atoms with van der Waals surface area (Å²) in [4.78, 5) is 25.0. The van der Waals surface area contributed by atoms with Crippen LogP contribution in [-0.4, -0.2) is 53.9 Å². The first-order valence-corrected chi connectivity index (χ1v) is 11.5. The molecule has 1 amide bonds. The summed E-state index contributed by atoms with van der Waals surface area (Å²) in [6.45, 7) is 6.44. The first-order valence-electron chi connectivity index (χ1n) is 11.5. The number of ketones is 1. The molecule has 0 aromatic carbocycles. The number of amides is 1. The van der Waals surface area contributed by atoms with Crippen molar-refractivity contribution in [2.45, 2.75) is 109 Å². The Morgan fingerprint density at radius 2 is 1.72 bits per heavy atom. The van der Waals surface area contributed by atoms with E-state index in [2.05, 4.69) is 6.92 Å². The molecule has 6 nitrogen and oxygen atoms in total. The van der Waals surface area contributed by atoms with Gasteiger partial charge < -0.3 is 10.5 Å². The van der Waals surface area contributed by atoms with Gasteiger partial charge in [-0.15, -0.1) is 4.65 Å². The molecule has 1 aliphatic rings. The number of hydrogen-bond acceptors (Lipinski definition) is 5. The van der Waals surface area contributed by atoms with Crippen LogP contribution in [0.5, 0.6) is 0 Å². The summed E-state index contributed by atoms with van der Waals surface area (Å²) in [5.41, 5.74) is 5.08. The zero-order valence-corrected chi connectivity index (χ0v) is 19.5. The minimum absolute atomic E-state index is 0.0463. The fourth-order valence-corrected chi connectivity index (χ4v) is 4.23. The van der Waals surface area contributed by atoms with Crippen LogP contribution in [-0.2, 0) is 14.3 Å². The standard InChI is InChI=1S/C23H45N2O4/c1-6-7-8-9-12-16-23(17-15-19(23)24)21(27)22(2,3)29-18-13-10-11-14-20(26)25(4,5)28/h19,28H,6-18,24H2,1-5H3/q+1. The monoisotopic (exact) mass is 413 g/mol. The van der Waals surface area contributed by atoms with Crippen molar-refractivity contribution in [1.82, 2.24) is 0 Å². The molecular weight excluding hydrogens is 368 g/mol. The first kappa shape index (κ1) is 26.2. The lowest BCUT2D eigenvalue weighted by Crippen LogP contribution is -2.61. The second kappa shape index (κ2) is 11.5. The Labute approximate surface area is 177 Å². The van der Waals surface area contributed by atoms with Crippen LogP contribution in [0.4, 0.5) is 0 Å². The zero-order chi connectivity index (χ0) is 22.1. The van der Waals surface area contributed by atoms with Crippen molar-refractivity contribution in [3.63, 3.8) is 0 Å². The number of carbonyl (C=O) groups excluding carboxylic acids is 2. The molecule has 2 unspecified atom stereocenters. The topological polar surface area (TPSA) is 89.6 Å². The van der Waals surface area contributed by atoms with Crippen molar-refractivity contribution in [2.75, 3.05) is 20.7 Å². The van der Waals surface area contributed by atoms with Crippen molar-refractivity contribution >= 4 is 11.7 Å². The highest BCUT2D eigenvalue weighted by Gasteiger charge is 2.54. The maximum Gasteiger partial charge on any atom is 0.345 e. The minimum Gasteiger partial charge on any atom is -0.368 e. The largest absolute Gasteiger partial charge is 0.368 e. The molecule has 0 spiro atoms. The van der Waals surface area contributed by atoms with Crippen molar-refractivity contribution in [1.29, 1.82) is 0 Å². The van der Waals surface area contributed by atoms with Crippen molar-refractivity contribution in [2.24, 2.45) is 11.1 Å². The number of Topliss-reactive ketones (excluding diaryl/α,β-unsaturated/α-hetero) is 1. The molecule has 1 rings (SSSR count). The van der Waals surface area contributed by atoms with E-state index in [1.165, 1.54) is 39.8 Å². The summed E-state index contributed by atoms with van der Waals surface area (Å²) in [5, 5.41) is 9.60. The van der Waals surface area contributed by atoms with E-state index in [9.17, 15) is 14.8 Å². The van der Waals surface area contributed by atoms with E-state index < -0.39 is 15.7 Å². The summed E-state index contributed by atoms with van der Waals surface area (Å²) in [7, 11) is 2.93. The van der Waals surface area contributed by atoms with Crippen LogP contribution in [0.1, 0.15) is 97.8 Å². The highest BCUT2D eigenvalue weighted by atomic mass is 16.6. The van der Waals surface area contributed by atoms with E-state index in [-0.39, 0.29) is 17.7 Å². The molecule has 170 valence electrons. The average Bonchev–Trinajstić information content (AvgIpc) is 2.64. The van der Waals surface area contributed by atoms with E-state index in [4.69, 9.17) is 10.5 Å². The van der Waals surface area contributed by atoms with Gasteiger partial charge in [-0.1, -0.05) is 45.4 Å². The maximum absolute atomic E-state index is 13.3. The van der Waals surface area contributed by atoms with E-state index in [0.717, 1.165) is 38.5 Å². The third-order valence-electron chi connectivity index (χ3n) is 6.44. The molecule has 1 aliphatic carbocycles. The Balaban J connectivity index is 2.42. The van der Waals surface area contributed by atoms with Crippen LogP contribution >= 0.6 is 0 Å². The Morgan fingerprint density at radius 3 is 2.24 bits per heavy atom. The summed E-state index contributed by atoms with van der Waals surface area (Å²) >= 11 is 0. The third kappa shape index (κ3) is 7.74. The number of ether oxygens (including phenoxy) is 1. The summed E-state index contributed by atoms with van der Waals surface area (Å²) in [5.74, 6) is -0.0324. The van der Waals surface area contributed by atoms with Gasteiger partial charge in [0.2, 0.25) is 0 Å². The number of quaternary nitrogens is 1. The number of carbonyl (C=O) groups is 2. The Hall–Kier alpha value is -0.820. The normalized spacial score (nSPS) is 22.4. The van der Waals surface area contributed by atoms with E-state index in [0.29, 0.717) is 19.4 Å². The molecule has 0 aromatic rings. The predicted octanol–water partition coefficient (Wildman–Crippen LogP) is 4.37. The quantitative estimate of drug-likeness (QED) is 0.180. The summed E-state index contributed by atoms with van der Waals surface area (Å²) in [6, 6.07) is -0.0463. The van der Waals surface area contributed by atoms with Gasteiger partial charge in [0.1, 0.15) is 19.7 Å². The van der Waals surface area contributed by atoms with E-state index in [1.807, 2.05) is 13.8 Å². The Bertz CT molecular complexity index is 527. The van der Waals surface area contributed by atoms with Gasteiger partial charge >= 0.3 is 5.91 Å². The Morgan fingerprint density at radius 1 is 1.10 bits per heavy atom. The number of hydrogen-bond donors (Lipinski definition) is 2. The lowest BCUT2D eigenvalue weighted by Gasteiger charge is -2.49. The van der Waals surface area contributed by atoms with Crippen LogP contribution in [0.3, 0.4) is 0 Å². The zero-order valence-electron chi connectivity index (χ0n) is 19.5. The van der Waals surface area contributed by atoms with Crippen LogP contribution < -0.4 is 5.73 Å². The average molecular weight is 414 g/mol. The molecule has 29 heavy (non-hydrogen) atoms. The van der Waals surface area contributed by atoms with Crippen molar-refractivity contribution in [3.05, 3.63) is 0 Å². The molecule has 6 heteroatoms. The molecule has 1 saturated carbocycles. The number of unbranched alkanes of at least 4 members (excludes halogenated alkanes) is 6. The number of nitrogens with zero attached hydrogens (tertiary/aromatic N) is 1. The van der Waals surface area contributed by atoms with Crippen LogP contribution in [0, 0.1) is 5.41 Å². The van der Waals surface area contributed by atoms with Crippen molar-refractivity contribution in [3.8, 4) is 0 Å². The number of rotatable bonds is 15. The molecule has 0 saturated heterocycles. The first-order chi connectivity index (χ1) is 13.5. The fraction of sp³-hybridized carbons (Fsp3) is 0.913. The summed E-state index contributed by atoms with van der Waals surface area (Å²) in [6.07, 6.45) is 11.3. The molecule has 0 radical (unpaired) electrons. The SMILES string of the molecule is CCCCCCCC1(C(=O)C(C)(C)OCCCCCC(=O)[N+](C)(C)O)CCC1N. The highest BCUT2D eigenvalue weighted by molar-refractivity contribution is 5.93. The van der Waals surface area contributed by atoms with Crippen LogP contribution in [0.2, 0.25) is 0 Å². The maximum atomic E-state index is 13.3. The number of hydroxylamine groups is 3. The van der Waals surface area contributed by atoms with Crippen LogP contribution in [0.15, 0.2) is 0 Å². The van der Waals surface area contributed by atoms with E-state index in [1.54, 1.807) is 0 Å². The smallest absolute Gasteiger partial charge is 0.345 e. The van der Waals surface area contributed by atoms with Gasteiger partial charge in [-0.25, -0.2) is 10.0 Å². The molecule has 1 fully saturated rings. The third-order valence-corrected chi connectivity index (χ3v) is 6.44. The predicted molar refractivity (Wildman–Crippen MR) is 115 cm³/mol. The second-order valence-corrected chi connectivity index (χ2v) is 9.75. The van der Waals surface area contributed by atoms with E-state index >= 15 is 0 Å². The molecular formula is C23H45N2O4+. The summed E-state index contributed by atoms with van der Waals surface area (Å²) < 4.78 is 5.37. The van der Waals surface area contributed by atoms with Gasteiger partial charge in [-0.2, -0.15) is 0 Å². The van der Waals surface area contributed by atoms with Crippen molar-refractivity contribution < 1.29 is 24.2 Å². The minimum atomic E-state index is -0.832. The molecule has 0 heterocycles. The fourth-order valence-electron chi connectivity index (χ4n) is 4.23. The van der Waals surface area contributed by atoms with Crippen LogP contribution in [0.25, 0.3) is 0 Å². The lowest BCUT2D eigenvalue weighted by molar-refractivity contribution is -1.01. The van der Waals surface area contributed by atoms with Gasteiger partial charge in [-0.3, -0.25) is 4.79 Å². The van der Waals surface area contributed by atoms with Gasteiger partial charge in [0, 0.05) is 18.1 Å². The number of nitrogens with two attached hydrogens (primary N) is 1. The van der Waals surface area contributed by atoms with Gasteiger partial charge in [0.15, 0.2) is 5.78 Å². The molecule has 0 bridgehead atoms. The van der Waals surface area contributed by atoms with Gasteiger partial charge in [0.25, 0.3) is 0 Å². The molecule has 0 aromatic heterocycles. The Kier molecular flexibility index (Phi) is 10.4. The molecule has 0 aliphatic heterocycles.